The van der Waals surface area contributed by atoms with Crippen LogP contribution in [-0.4, -0.2) is 17.3 Å². The minimum absolute atomic E-state index is 0.248. The Hall–Kier alpha value is -1.61. The Balaban J connectivity index is 2.04. The van der Waals surface area contributed by atoms with Gasteiger partial charge in [-0.2, -0.15) is 0 Å². The van der Waals surface area contributed by atoms with Crippen molar-refractivity contribution < 1.29 is 4.74 Å². The first-order chi connectivity index (χ1) is 9.34. The molecule has 1 fully saturated rings. The lowest BCUT2D eigenvalue weighted by atomic mass is 9.93. The molecule has 1 aliphatic carbocycles. The van der Waals surface area contributed by atoms with Crippen LogP contribution in [0.3, 0.4) is 0 Å². The van der Waals surface area contributed by atoms with Gasteiger partial charge in [0.05, 0.1) is 24.8 Å². The maximum atomic E-state index is 12.6. The molecule has 98 valence electrons. The topological polar surface area (TPSA) is 34.5 Å². The van der Waals surface area contributed by atoms with E-state index in [1.165, 1.54) is 12.1 Å². The molecule has 0 saturated carbocycles. The average molecular weight is 255 g/mol. The molecule has 4 rings (SSSR count). The third-order valence-corrected chi connectivity index (χ3v) is 4.27. The highest BCUT2D eigenvalue weighted by atomic mass is 16.6. The lowest BCUT2D eigenvalue weighted by Gasteiger charge is -2.23. The fourth-order valence-electron chi connectivity index (χ4n) is 3.23. The fourth-order valence-corrected chi connectivity index (χ4v) is 3.23. The molecule has 0 N–H and O–H groups in total. The van der Waals surface area contributed by atoms with Gasteiger partial charge in [-0.1, -0.05) is 12.1 Å². The van der Waals surface area contributed by atoms with Gasteiger partial charge < -0.3 is 9.30 Å². The van der Waals surface area contributed by atoms with Gasteiger partial charge in [-0.05, 0) is 37.8 Å². The first-order valence-electron chi connectivity index (χ1n) is 7.09. The Kier molecular flexibility index (Phi) is 2.49. The Morgan fingerprint density at radius 3 is 2.84 bits per heavy atom. The van der Waals surface area contributed by atoms with E-state index in [1.54, 1.807) is 0 Å². The molecule has 1 aromatic heterocycles. The number of hydrogen-bond donors (Lipinski definition) is 0. The van der Waals surface area contributed by atoms with E-state index >= 15 is 0 Å². The summed E-state index contributed by atoms with van der Waals surface area (Å²) in [4.78, 5) is 12.6. The Morgan fingerprint density at radius 2 is 2.00 bits per heavy atom. The molecule has 0 spiro atoms. The minimum Gasteiger partial charge on any atom is -0.371 e. The molecule has 0 amide bonds. The second-order valence-corrected chi connectivity index (χ2v) is 5.54. The average Bonchev–Trinajstić information content (AvgIpc) is 3.28. The second-order valence-electron chi connectivity index (χ2n) is 5.54. The van der Waals surface area contributed by atoms with Gasteiger partial charge >= 0.3 is 0 Å². The van der Waals surface area contributed by atoms with E-state index in [4.69, 9.17) is 4.74 Å². The Bertz CT molecular complexity index is 698. The SMILES string of the molecule is O=c1c2c(n(CC3CO3)c3ccccc13)CCCC2. The van der Waals surface area contributed by atoms with E-state index in [1.807, 2.05) is 18.2 Å². The van der Waals surface area contributed by atoms with Gasteiger partial charge in [0.15, 0.2) is 5.43 Å². The smallest absolute Gasteiger partial charge is 0.192 e. The molecule has 1 aromatic carbocycles. The van der Waals surface area contributed by atoms with Gasteiger partial charge in [0.2, 0.25) is 0 Å². The fraction of sp³-hybridized carbons (Fsp3) is 0.438. The highest BCUT2D eigenvalue weighted by molar-refractivity contribution is 5.80. The summed E-state index contributed by atoms with van der Waals surface area (Å²) < 4.78 is 7.72. The lowest BCUT2D eigenvalue weighted by Crippen LogP contribution is -2.24. The summed E-state index contributed by atoms with van der Waals surface area (Å²) in [5.74, 6) is 0. The van der Waals surface area contributed by atoms with Gasteiger partial charge in [-0.15, -0.1) is 0 Å². The van der Waals surface area contributed by atoms with Crippen molar-refractivity contribution >= 4 is 10.9 Å². The van der Waals surface area contributed by atoms with Crippen LogP contribution in [0.5, 0.6) is 0 Å². The number of para-hydroxylation sites is 1. The van der Waals surface area contributed by atoms with E-state index in [-0.39, 0.29) is 5.43 Å². The van der Waals surface area contributed by atoms with Gasteiger partial charge in [0, 0.05) is 16.6 Å². The largest absolute Gasteiger partial charge is 0.371 e. The van der Waals surface area contributed by atoms with Gasteiger partial charge in [-0.3, -0.25) is 4.79 Å². The first kappa shape index (κ1) is 11.2. The number of epoxide rings is 1. The van der Waals surface area contributed by atoms with Crippen molar-refractivity contribution in [2.75, 3.05) is 6.61 Å². The number of aromatic nitrogens is 1. The quantitative estimate of drug-likeness (QED) is 0.772. The Labute approximate surface area is 111 Å². The predicted octanol–water partition coefficient (Wildman–Crippen LogP) is 2.28. The number of benzene rings is 1. The maximum absolute atomic E-state index is 12.6. The zero-order valence-corrected chi connectivity index (χ0v) is 10.9. The molecule has 1 saturated heterocycles. The van der Waals surface area contributed by atoms with Crippen molar-refractivity contribution in [2.45, 2.75) is 38.3 Å². The van der Waals surface area contributed by atoms with Crippen LogP contribution in [0.15, 0.2) is 29.1 Å². The third-order valence-electron chi connectivity index (χ3n) is 4.27. The summed E-state index contributed by atoms with van der Waals surface area (Å²) in [5.41, 5.74) is 3.62. The number of pyridine rings is 1. The number of rotatable bonds is 2. The molecule has 2 aliphatic rings. The van der Waals surface area contributed by atoms with Crippen LogP contribution in [0.2, 0.25) is 0 Å². The normalized spacial score (nSPS) is 21.4. The van der Waals surface area contributed by atoms with E-state index in [9.17, 15) is 4.79 Å². The molecule has 0 radical (unpaired) electrons. The monoisotopic (exact) mass is 255 g/mol. The summed E-state index contributed by atoms with van der Waals surface area (Å²) in [7, 11) is 0. The van der Waals surface area contributed by atoms with Crippen LogP contribution < -0.4 is 5.43 Å². The van der Waals surface area contributed by atoms with Crippen LogP contribution in [0, 0.1) is 0 Å². The van der Waals surface area contributed by atoms with Gasteiger partial charge in [-0.25, -0.2) is 0 Å². The predicted molar refractivity (Wildman–Crippen MR) is 74.6 cm³/mol. The first-order valence-corrected chi connectivity index (χ1v) is 7.09. The standard InChI is InChI=1S/C16H17NO2/c18-16-12-5-1-3-7-14(12)17(9-11-10-19-11)15-8-4-2-6-13(15)16/h1,3,5,7,11H,2,4,6,8-10H2. The van der Waals surface area contributed by atoms with Crippen LogP contribution >= 0.6 is 0 Å². The van der Waals surface area contributed by atoms with Crippen molar-refractivity contribution in [3.63, 3.8) is 0 Å². The van der Waals surface area contributed by atoms with Crippen molar-refractivity contribution in [1.29, 1.82) is 0 Å². The minimum atomic E-state index is 0.248. The van der Waals surface area contributed by atoms with E-state index in [0.29, 0.717) is 6.10 Å². The zero-order chi connectivity index (χ0) is 12.8. The van der Waals surface area contributed by atoms with Crippen molar-refractivity contribution in [3.8, 4) is 0 Å². The summed E-state index contributed by atoms with van der Waals surface area (Å²) >= 11 is 0. The molecule has 19 heavy (non-hydrogen) atoms. The van der Waals surface area contributed by atoms with Crippen LogP contribution in [0.4, 0.5) is 0 Å². The summed E-state index contributed by atoms with van der Waals surface area (Å²) in [5, 5.41) is 0.865. The van der Waals surface area contributed by atoms with E-state index < -0.39 is 0 Å². The summed E-state index contributed by atoms with van der Waals surface area (Å²) in [6.07, 6.45) is 4.64. The summed E-state index contributed by atoms with van der Waals surface area (Å²) in [6, 6.07) is 7.99. The number of hydrogen-bond acceptors (Lipinski definition) is 2. The molecule has 2 aromatic rings. The molecule has 1 atom stereocenters. The van der Waals surface area contributed by atoms with Gasteiger partial charge in [0.25, 0.3) is 0 Å². The second kappa shape index (κ2) is 4.20. The summed E-state index contributed by atoms with van der Waals surface area (Å²) in [6.45, 7) is 1.75. The van der Waals surface area contributed by atoms with Crippen molar-refractivity contribution in [3.05, 3.63) is 45.7 Å². The van der Waals surface area contributed by atoms with E-state index in [0.717, 1.165) is 48.9 Å². The lowest BCUT2D eigenvalue weighted by molar-refractivity contribution is 0.381. The van der Waals surface area contributed by atoms with Crippen molar-refractivity contribution in [1.82, 2.24) is 4.57 Å². The molecular weight excluding hydrogens is 238 g/mol. The molecule has 3 heteroatoms. The highest BCUT2D eigenvalue weighted by Crippen LogP contribution is 2.25. The molecular formula is C16H17NO2. The number of fused-ring (bicyclic) bond motifs is 2. The van der Waals surface area contributed by atoms with E-state index in [2.05, 4.69) is 10.6 Å². The highest BCUT2D eigenvalue weighted by Gasteiger charge is 2.26. The molecule has 1 unspecified atom stereocenters. The molecule has 0 bridgehead atoms. The zero-order valence-electron chi connectivity index (χ0n) is 10.9. The Morgan fingerprint density at radius 1 is 1.21 bits per heavy atom. The number of nitrogens with zero attached hydrogens (tertiary/aromatic N) is 1. The number of ether oxygens (including phenoxy) is 1. The van der Waals surface area contributed by atoms with Crippen LogP contribution in [0.25, 0.3) is 10.9 Å². The molecule has 1 aliphatic heterocycles. The third kappa shape index (κ3) is 1.80. The van der Waals surface area contributed by atoms with Crippen LogP contribution in [-0.2, 0) is 24.1 Å². The molecule has 2 heterocycles. The molecule has 3 nitrogen and oxygen atoms in total. The maximum Gasteiger partial charge on any atom is 0.192 e. The van der Waals surface area contributed by atoms with Crippen molar-refractivity contribution in [2.24, 2.45) is 0 Å². The van der Waals surface area contributed by atoms with Crippen LogP contribution in [0.1, 0.15) is 24.1 Å². The van der Waals surface area contributed by atoms with Gasteiger partial charge in [0.1, 0.15) is 0 Å².